The SMILES string of the molecule is COc1cccc(OC)c1-c1c2ccc(=[N+](C)C)cc-2[te]c2cc(N(C)C)ccc12. The van der Waals surface area contributed by atoms with E-state index in [1.165, 1.54) is 34.5 Å². The fraction of sp³-hybridized carbons (Fsp3) is 0.240. The molecule has 0 aromatic heterocycles. The molecule has 0 N–H and O–H groups in total. The molecular formula is C25H27N2O2Te+. The molecule has 0 saturated heterocycles. The molecule has 30 heavy (non-hydrogen) atoms. The fourth-order valence-electron chi connectivity index (χ4n) is 3.79. The molecule has 0 spiro atoms. The molecule has 1 aliphatic heterocycles. The van der Waals surface area contributed by atoms with E-state index in [0.29, 0.717) is 0 Å². The zero-order valence-electron chi connectivity index (χ0n) is 18.3. The second-order valence-corrected chi connectivity index (χ2v) is 10.8. The number of rotatable bonds is 4. The topological polar surface area (TPSA) is 24.7 Å². The van der Waals surface area contributed by atoms with Gasteiger partial charge < -0.3 is 0 Å². The van der Waals surface area contributed by atoms with Crippen LogP contribution in [0, 0.1) is 0 Å². The summed E-state index contributed by atoms with van der Waals surface area (Å²) in [7, 11) is 11.8. The van der Waals surface area contributed by atoms with Crippen molar-refractivity contribution in [3.63, 3.8) is 0 Å². The summed E-state index contributed by atoms with van der Waals surface area (Å²) in [6.07, 6.45) is 0. The third kappa shape index (κ3) is 3.57. The number of methoxy groups -OCH3 is 2. The number of hydrogen-bond donors (Lipinski definition) is 0. The molecule has 0 unspecified atom stereocenters. The van der Waals surface area contributed by atoms with Crippen LogP contribution in [-0.4, -0.2) is 62.8 Å². The predicted molar refractivity (Wildman–Crippen MR) is 127 cm³/mol. The molecule has 2 aliphatic rings. The number of fused-ring (bicyclic) bond motifs is 2. The average Bonchev–Trinajstić information content (AvgIpc) is 2.75. The van der Waals surface area contributed by atoms with Crippen LogP contribution in [0.15, 0.2) is 54.6 Å². The monoisotopic (exact) mass is 517 g/mol. The van der Waals surface area contributed by atoms with Gasteiger partial charge in [-0.05, 0) is 0 Å². The van der Waals surface area contributed by atoms with E-state index in [4.69, 9.17) is 9.47 Å². The first-order valence-electron chi connectivity index (χ1n) is 9.84. The zero-order valence-corrected chi connectivity index (χ0v) is 20.6. The summed E-state index contributed by atoms with van der Waals surface area (Å²) in [5.41, 5.74) is 4.74. The number of ether oxygens (including phenoxy) is 2. The van der Waals surface area contributed by atoms with Gasteiger partial charge in [-0.1, -0.05) is 0 Å². The molecular weight excluding hydrogens is 488 g/mol. The van der Waals surface area contributed by atoms with Crippen LogP contribution in [0.1, 0.15) is 0 Å². The molecule has 0 amide bonds. The second kappa shape index (κ2) is 8.34. The van der Waals surface area contributed by atoms with Crippen LogP contribution < -0.4 is 24.3 Å². The summed E-state index contributed by atoms with van der Waals surface area (Å²) in [5, 5.41) is 2.52. The minimum absolute atomic E-state index is 0.533. The third-order valence-electron chi connectivity index (χ3n) is 5.40. The summed E-state index contributed by atoms with van der Waals surface area (Å²) in [5.74, 6) is 1.66. The molecule has 2 aromatic rings. The second-order valence-electron chi connectivity index (χ2n) is 7.66. The van der Waals surface area contributed by atoms with Gasteiger partial charge >= 0.3 is 188 Å². The van der Waals surface area contributed by atoms with E-state index in [-0.39, 0.29) is 0 Å². The normalized spacial score (nSPS) is 11.0. The standard InChI is InChI=1S/C25H27N2O2Te/c1-26(2)16-10-12-18-22(14-16)30-23-15-17(27(3)4)11-13-19(23)24(18)25-20(28-5)8-7-9-21(25)29-6/h7-15H,1-6H3/q+1. The first-order chi connectivity index (χ1) is 14.4. The van der Waals surface area contributed by atoms with Crippen molar-refractivity contribution in [1.82, 2.24) is 4.58 Å². The van der Waals surface area contributed by atoms with Gasteiger partial charge in [-0.15, -0.1) is 0 Å². The molecule has 1 heterocycles. The molecule has 0 atom stereocenters. The van der Waals surface area contributed by atoms with E-state index < -0.39 is 20.4 Å². The van der Waals surface area contributed by atoms with Crippen molar-refractivity contribution in [2.45, 2.75) is 0 Å². The molecule has 1 aliphatic carbocycles. The Bertz CT molecular complexity index is 1250. The molecule has 4 rings (SSSR count). The van der Waals surface area contributed by atoms with Gasteiger partial charge in [0.1, 0.15) is 0 Å². The zero-order chi connectivity index (χ0) is 21.4. The molecule has 0 bridgehead atoms. The van der Waals surface area contributed by atoms with E-state index in [2.05, 4.69) is 74.1 Å². The predicted octanol–water partition coefficient (Wildman–Crippen LogP) is 3.78. The van der Waals surface area contributed by atoms with Crippen molar-refractivity contribution < 1.29 is 9.47 Å². The van der Waals surface area contributed by atoms with Crippen molar-refractivity contribution in [1.29, 1.82) is 0 Å². The molecule has 0 saturated carbocycles. The van der Waals surface area contributed by atoms with Crippen LogP contribution in [-0.2, 0) is 0 Å². The maximum atomic E-state index is 5.79. The van der Waals surface area contributed by atoms with Gasteiger partial charge in [0.05, 0.1) is 0 Å². The maximum absolute atomic E-state index is 5.79. The van der Waals surface area contributed by atoms with Crippen LogP contribution in [0.4, 0.5) is 5.69 Å². The van der Waals surface area contributed by atoms with E-state index in [1.54, 1.807) is 14.2 Å². The van der Waals surface area contributed by atoms with E-state index in [0.717, 1.165) is 17.1 Å². The minimum atomic E-state index is -0.533. The number of nitrogens with zero attached hydrogens (tertiary/aromatic N) is 2. The van der Waals surface area contributed by atoms with Crippen molar-refractivity contribution in [3.8, 4) is 31.8 Å². The van der Waals surface area contributed by atoms with Gasteiger partial charge in [0.25, 0.3) is 0 Å². The summed E-state index contributed by atoms with van der Waals surface area (Å²) < 4.78 is 16.6. The number of anilines is 1. The van der Waals surface area contributed by atoms with Gasteiger partial charge in [-0.25, -0.2) is 0 Å². The molecule has 0 radical (unpaired) electrons. The van der Waals surface area contributed by atoms with E-state index >= 15 is 0 Å². The van der Waals surface area contributed by atoms with Crippen LogP contribution in [0.25, 0.3) is 29.1 Å². The Kier molecular flexibility index (Phi) is 5.77. The third-order valence-corrected chi connectivity index (χ3v) is 8.58. The summed E-state index contributed by atoms with van der Waals surface area (Å²) in [6, 6.07) is 19.6. The van der Waals surface area contributed by atoms with Gasteiger partial charge in [0, 0.05) is 0 Å². The Balaban J connectivity index is 2.21. The summed E-state index contributed by atoms with van der Waals surface area (Å²) >= 11 is -0.533. The van der Waals surface area contributed by atoms with Crippen LogP contribution >= 0.6 is 0 Å². The van der Waals surface area contributed by atoms with Crippen molar-refractivity contribution in [2.75, 3.05) is 47.3 Å². The van der Waals surface area contributed by atoms with Gasteiger partial charge in [-0.3, -0.25) is 0 Å². The van der Waals surface area contributed by atoms with Crippen molar-refractivity contribution in [3.05, 3.63) is 60.0 Å². The molecule has 2 aromatic carbocycles. The van der Waals surface area contributed by atoms with Crippen LogP contribution in [0.3, 0.4) is 0 Å². The Hall–Kier alpha value is -2.48. The Labute approximate surface area is 187 Å². The molecule has 5 heteroatoms. The van der Waals surface area contributed by atoms with Crippen LogP contribution in [0.5, 0.6) is 11.5 Å². The summed E-state index contributed by atoms with van der Waals surface area (Å²) in [4.78, 5) is 2.17. The fourth-order valence-corrected chi connectivity index (χ4v) is 7.09. The van der Waals surface area contributed by atoms with E-state index in [9.17, 15) is 0 Å². The van der Waals surface area contributed by atoms with E-state index in [1.807, 2.05) is 18.2 Å². The Morgan fingerprint density at radius 1 is 0.833 bits per heavy atom. The Morgan fingerprint density at radius 3 is 2.13 bits per heavy atom. The molecule has 0 fully saturated rings. The first kappa shape index (κ1) is 20.8. The quantitative estimate of drug-likeness (QED) is 0.235. The summed E-state index contributed by atoms with van der Waals surface area (Å²) in [6.45, 7) is 0. The van der Waals surface area contributed by atoms with Gasteiger partial charge in [0.15, 0.2) is 0 Å². The van der Waals surface area contributed by atoms with Crippen molar-refractivity contribution >= 4 is 34.9 Å². The average molecular weight is 515 g/mol. The number of hydrogen-bond acceptors (Lipinski definition) is 3. The number of benzene rings is 3. The van der Waals surface area contributed by atoms with Gasteiger partial charge in [-0.2, -0.15) is 0 Å². The molecule has 154 valence electrons. The van der Waals surface area contributed by atoms with Gasteiger partial charge in [0.2, 0.25) is 0 Å². The molecule has 4 nitrogen and oxygen atoms in total. The first-order valence-corrected chi connectivity index (χ1v) is 12.2. The van der Waals surface area contributed by atoms with Crippen molar-refractivity contribution in [2.24, 2.45) is 0 Å². The Morgan fingerprint density at radius 2 is 1.53 bits per heavy atom. The van der Waals surface area contributed by atoms with Crippen LogP contribution in [0.2, 0.25) is 0 Å².